The summed E-state index contributed by atoms with van der Waals surface area (Å²) in [6.07, 6.45) is 1.30. The molecule has 1 aromatic carbocycles. The molecule has 2 aromatic rings. The lowest BCUT2D eigenvalue weighted by Gasteiger charge is -2.07. The first-order valence-electron chi connectivity index (χ1n) is 6.65. The van der Waals surface area contributed by atoms with E-state index in [2.05, 4.69) is 31.0 Å². The molecule has 0 fully saturated rings. The van der Waals surface area contributed by atoms with Gasteiger partial charge in [-0.2, -0.15) is 15.2 Å². The van der Waals surface area contributed by atoms with E-state index in [9.17, 15) is 9.59 Å². The van der Waals surface area contributed by atoms with Gasteiger partial charge in [0.15, 0.2) is 0 Å². The number of rotatable bonds is 7. The summed E-state index contributed by atoms with van der Waals surface area (Å²) in [6.45, 7) is 0. The van der Waals surface area contributed by atoms with E-state index >= 15 is 0 Å². The Hall–Kier alpha value is -2.59. The Labute approximate surface area is 146 Å². The number of carbonyl (C=O) groups excluding carboxylic acids is 2. The van der Waals surface area contributed by atoms with E-state index in [1.54, 1.807) is 24.3 Å². The molecule has 5 N–H and O–H groups in total. The maximum Gasteiger partial charge on any atom is 0.332 e. The molecule has 0 unspecified atom stereocenters. The van der Waals surface area contributed by atoms with Crippen molar-refractivity contribution in [3.8, 4) is 0 Å². The van der Waals surface area contributed by atoms with Gasteiger partial charge in [0, 0.05) is 10.8 Å². The molecule has 1 aromatic heterocycles. The summed E-state index contributed by atoms with van der Waals surface area (Å²) in [5.41, 5.74) is 8.54. The van der Waals surface area contributed by atoms with E-state index in [1.165, 1.54) is 18.1 Å². The molecule has 11 heteroatoms. The molecule has 0 saturated carbocycles. The maximum absolute atomic E-state index is 11.8. The van der Waals surface area contributed by atoms with Gasteiger partial charge >= 0.3 is 6.03 Å². The van der Waals surface area contributed by atoms with Gasteiger partial charge in [0.25, 0.3) is 0 Å². The van der Waals surface area contributed by atoms with Crippen LogP contribution in [-0.2, 0) is 4.79 Å². The Morgan fingerprint density at radius 3 is 2.67 bits per heavy atom. The number of hydrogen-bond acceptors (Lipinski definition) is 6. The van der Waals surface area contributed by atoms with Crippen molar-refractivity contribution >= 4 is 47.0 Å². The first-order valence-corrected chi connectivity index (χ1v) is 8.19. The van der Waals surface area contributed by atoms with E-state index in [1.807, 2.05) is 0 Å². The second-order valence-electron chi connectivity index (χ2n) is 4.42. The number of urea groups is 1. The van der Waals surface area contributed by atoms with Crippen molar-refractivity contribution in [2.75, 3.05) is 16.8 Å². The Bertz CT molecular complexity index is 718. The number of primary amides is 1. The van der Waals surface area contributed by atoms with Crippen LogP contribution in [-0.4, -0.2) is 44.3 Å². The molecule has 2 rings (SSSR count). The quantitative estimate of drug-likeness (QED) is 0.430. The number of hydrogen-bond donors (Lipinski definition) is 4. The zero-order chi connectivity index (χ0) is 17.4. The third kappa shape index (κ3) is 5.89. The van der Waals surface area contributed by atoms with E-state index in [0.717, 1.165) is 5.56 Å². The molecule has 3 amide bonds. The predicted octanol–water partition coefficient (Wildman–Crippen LogP) is 1.20. The molecule has 0 spiro atoms. The summed E-state index contributed by atoms with van der Waals surface area (Å²) >= 11 is 7.17. The van der Waals surface area contributed by atoms with Gasteiger partial charge in [0.1, 0.15) is 6.33 Å². The minimum absolute atomic E-state index is 0.171. The van der Waals surface area contributed by atoms with Crippen LogP contribution in [0.5, 0.6) is 0 Å². The number of carbonyl (C=O) groups is 2. The monoisotopic (exact) mass is 367 g/mol. The van der Waals surface area contributed by atoms with Crippen LogP contribution in [0.3, 0.4) is 0 Å². The van der Waals surface area contributed by atoms with Crippen molar-refractivity contribution in [2.45, 2.75) is 0 Å². The first-order chi connectivity index (χ1) is 11.5. The number of hydrazone groups is 1. The van der Waals surface area contributed by atoms with Crippen LogP contribution in [0.25, 0.3) is 0 Å². The number of aromatic amines is 1. The molecule has 0 aliphatic heterocycles. The molecule has 0 atom stereocenters. The number of H-pyrrole nitrogens is 1. The van der Waals surface area contributed by atoms with Gasteiger partial charge in [-0.25, -0.2) is 15.3 Å². The van der Waals surface area contributed by atoms with Crippen molar-refractivity contribution in [1.29, 1.82) is 0 Å². The fourth-order valence-corrected chi connectivity index (χ4v) is 2.53. The molecule has 126 valence electrons. The van der Waals surface area contributed by atoms with Gasteiger partial charge in [0.05, 0.1) is 11.5 Å². The van der Waals surface area contributed by atoms with Crippen molar-refractivity contribution < 1.29 is 9.59 Å². The van der Waals surface area contributed by atoms with E-state index < -0.39 is 6.03 Å². The van der Waals surface area contributed by atoms with Gasteiger partial charge in [-0.1, -0.05) is 23.7 Å². The molecule has 9 nitrogen and oxygen atoms in total. The van der Waals surface area contributed by atoms with Gasteiger partial charge in [-0.05, 0) is 17.7 Å². The van der Waals surface area contributed by atoms with Crippen LogP contribution in [0.1, 0.15) is 5.56 Å². The van der Waals surface area contributed by atoms with E-state index in [4.69, 9.17) is 17.3 Å². The number of anilines is 1. The second kappa shape index (κ2) is 8.89. The second-order valence-corrected chi connectivity index (χ2v) is 5.84. The summed E-state index contributed by atoms with van der Waals surface area (Å²) < 4.78 is 0. The van der Waals surface area contributed by atoms with Crippen LogP contribution < -0.4 is 16.5 Å². The molecular weight excluding hydrogens is 354 g/mol. The van der Waals surface area contributed by atoms with Crippen molar-refractivity contribution in [3.05, 3.63) is 41.2 Å². The summed E-state index contributed by atoms with van der Waals surface area (Å²) in [5.74, 6) is 0.591. The molecule has 0 aliphatic rings. The number of nitrogens with zero attached hydrogens (tertiary/aromatic N) is 3. The van der Waals surface area contributed by atoms with Crippen LogP contribution >= 0.6 is 23.4 Å². The zero-order valence-electron chi connectivity index (χ0n) is 12.3. The number of aromatic nitrogens is 3. The molecule has 24 heavy (non-hydrogen) atoms. The number of halogens is 1. The van der Waals surface area contributed by atoms with Gasteiger partial charge in [0.2, 0.25) is 11.9 Å². The van der Waals surface area contributed by atoms with Crippen LogP contribution in [0, 0.1) is 0 Å². The highest BCUT2D eigenvalue weighted by atomic mass is 35.5. The van der Waals surface area contributed by atoms with Gasteiger partial charge < -0.3 is 5.73 Å². The van der Waals surface area contributed by atoms with Crippen molar-refractivity contribution in [1.82, 2.24) is 20.6 Å². The normalized spacial score (nSPS) is 11.1. The summed E-state index contributed by atoms with van der Waals surface area (Å²) in [5, 5.41) is 13.3. The molecule has 0 radical (unpaired) electrons. The van der Waals surface area contributed by atoms with Crippen LogP contribution in [0.2, 0.25) is 5.02 Å². The molecule has 0 bridgehead atoms. The van der Waals surface area contributed by atoms with Gasteiger partial charge in [-0.15, -0.1) is 11.8 Å². The molecule has 0 aliphatic carbocycles. The highest BCUT2D eigenvalue weighted by molar-refractivity contribution is 8.00. The topological polar surface area (TPSA) is 138 Å². The third-order valence-corrected chi connectivity index (χ3v) is 3.82. The molecular formula is C13H14ClN7O2S. The summed E-state index contributed by atoms with van der Waals surface area (Å²) in [7, 11) is 0. The zero-order valence-corrected chi connectivity index (χ0v) is 13.9. The van der Waals surface area contributed by atoms with E-state index in [-0.39, 0.29) is 17.6 Å². The lowest BCUT2D eigenvalue weighted by Crippen LogP contribution is -2.26. The summed E-state index contributed by atoms with van der Waals surface area (Å²) in [6, 6.07) is 6.17. The van der Waals surface area contributed by atoms with Crippen molar-refractivity contribution in [3.63, 3.8) is 0 Å². The average molecular weight is 368 g/mol. The summed E-state index contributed by atoms with van der Waals surface area (Å²) in [4.78, 5) is 26.4. The average Bonchev–Trinajstić information content (AvgIpc) is 3.04. The fourth-order valence-electron chi connectivity index (χ4n) is 1.62. The predicted molar refractivity (Wildman–Crippen MR) is 93.0 cm³/mol. The lowest BCUT2D eigenvalue weighted by atomic mass is 10.1. The SMILES string of the molecule is NC(=O)N/N=C(/CSCC(=O)Nc1ncn[nH]1)c1ccc(Cl)cc1. The molecule has 1 heterocycles. The Balaban J connectivity index is 1.93. The number of nitrogens with one attached hydrogen (secondary N) is 3. The minimum Gasteiger partial charge on any atom is -0.350 e. The fraction of sp³-hybridized carbons (Fsp3) is 0.154. The lowest BCUT2D eigenvalue weighted by molar-refractivity contribution is -0.113. The standard InChI is InChI=1S/C13H14ClN7O2S/c14-9-3-1-8(2-4-9)10(19-20-12(15)23)5-24-6-11(22)18-13-16-7-17-21-13/h1-4,7H,5-6H2,(H3,15,20,23)(H2,16,17,18,21,22)/b19-10-. The van der Waals surface area contributed by atoms with Gasteiger partial charge in [-0.3, -0.25) is 10.1 Å². The maximum atomic E-state index is 11.8. The highest BCUT2D eigenvalue weighted by Gasteiger charge is 2.09. The highest BCUT2D eigenvalue weighted by Crippen LogP contribution is 2.13. The smallest absolute Gasteiger partial charge is 0.332 e. The Kier molecular flexibility index (Phi) is 6.58. The third-order valence-electron chi connectivity index (χ3n) is 2.62. The Morgan fingerprint density at radius 2 is 2.04 bits per heavy atom. The number of benzene rings is 1. The van der Waals surface area contributed by atoms with Crippen LogP contribution in [0.15, 0.2) is 35.7 Å². The van der Waals surface area contributed by atoms with Crippen LogP contribution in [0.4, 0.5) is 10.7 Å². The largest absolute Gasteiger partial charge is 0.350 e. The first kappa shape index (κ1) is 17.8. The molecule has 0 saturated heterocycles. The number of amides is 3. The minimum atomic E-state index is -0.769. The Morgan fingerprint density at radius 1 is 1.29 bits per heavy atom. The van der Waals surface area contributed by atoms with Crippen molar-refractivity contribution in [2.24, 2.45) is 10.8 Å². The number of thioether (sulfide) groups is 1. The van der Waals surface area contributed by atoms with E-state index in [0.29, 0.717) is 16.5 Å². The number of nitrogens with two attached hydrogens (primary N) is 1.